The largest absolute Gasteiger partial charge is 0.493 e. The van der Waals surface area contributed by atoms with Gasteiger partial charge >= 0.3 is 0 Å². The van der Waals surface area contributed by atoms with E-state index < -0.39 is 0 Å². The van der Waals surface area contributed by atoms with Crippen molar-refractivity contribution in [2.45, 2.75) is 84.2 Å². The highest BCUT2D eigenvalue weighted by atomic mass is 16.5. The number of nitrogens with one attached hydrogen (secondary N) is 1. The van der Waals surface area contributed by atoms with Gasteiger partial charge in [0.25, 0.3) is 0 Å². The number of benzene rings is 1. The van der Waals surface area contributed by atoms with E-state index in [0.29, 0.717) is 11.8 Å². The van der Waals surface area contributed by atoms with Crippen LogP contribution in [0.4, 0.5) is 0 Å². The van der Waals surface area contributed by atoms with Gasteiger partial charge in [-0.3, -0.25) is 4.79 Å². The van der Waals surface area contributed by atoms with Gasteiger partial charge in [0.1, 0.15) is 0 Å². The lowest BCUT2D eigenvalue weighted by atomic mass is 9.66. The Morgan fingerprint density at radius 1 is 1.29 bits per heavy atom. The number of methoxy groups -OCH3 is 1. The first-order chi connectivity index (χ1) is 13.2. The van der Waals surface area contributed by atoms with Gasteiger partial charge in [0.05, 0.1) is 25.4 Å². The van der Waals surface area contributed by atoms with Crippen molar-refractivity contribution >= 4 is 5.91 Å². The standard InChI is InChI=1S/C23H35NO4/c1-14(2)27-19-10-8-17(12-21(19)26-6)22-13-23(5,24-16(4)25)18-9-7-15(3)11-20(18)28-22/h8,10,12,14-15,18,20,22H,7,9,11,13H2,1-6H3,(H,24,25)/t15-,18-,20-,22-,23-/m1/s1. The average molecular weight is 390 g/mol. The van der Waals surface area contributed by atoms with Crippen LogP contribution in [0.25, 0.3) is 0 Å². The second-order valence-corrected chi connectivity index (χ2v) is 9.07. The third-order valence-corrected chi connectivity index (χ3v) is 6.20. The molecular formula is C23H35NO4. The summed E-state index contributed by atoms with van der Waals surface area (Å²) in [7, 11) is 1.66. The molecule has 0 aromatic heterocycles. The molecule has 0 spiro atoms. The van der Waals surface area contributed by atoms with Crippen molar-refractivity contribution in [2.24, 2.45) is 11.8 Å². The zero-order valence-corrected chi connectivity index (χ0v) is 18.1. The third-order valence-electron chi connectivity index (χ3n) is 6.20. The van der Waals surface area contributed by atoms with Crippen molar-refractivity contribution < 1.29 is 19.0 Å². The minimum Gasteiger partial charge on any atom is -0.493 e. The van der Waals surface area contributed by atoms with E-state index in [0.717, 1.165) is 36.3 Å². The van der Waals surface area contributed by atoms with Crippen molar-refractivity contribution in [3.63, 3.8) is 0 Å². The molecule has 0 radical (unpaired) electrons. The molecule has 2 aliphatic rings. The summed E-state index contributed by atoms with van der Waals surface area (Å²) < 4.78 is 18.0. The van der Waals surface area contributed by atoms with Crippen LogP contribution in [0.1, 0.15) is 72.0 Å². The minimum absolute atomic E-state index is 0.0267. The molecule has 1 heterocycles. The van der Waals surface area contributed by atoms with E-state index in [4.69, 9.17) is 14.2 Å². The van der Waals surface area contributed by atoms with E-state index >= 15 is 0 Å². The number of carbonyl (C=O) groups is 1. The molecule has 1 saturated heterocycles. The van der Waals surface area contributed by atoms with Crippen molar-refractivity contribution in [1.29, 1.82) is 0 Å². The van der Waals surface area contributed by atoms with Crippen LogP contribution in [-0.4, -0.2) is 30.8 Å². The van der Waals surface area contributed by atoms with E-state index in [9.17, 15) is 4.79 Å². The molecule has 5 nitrogen and oxygen atoms in total. The molecule has 1 amide bonds. The SMILES string of the molecule is COc1cc([C@H]2C[C@@](C)(NC(C)=O)[C@@H]3CC[C@@H](C)C[C@H]3O2)ccc1OC(C)C. The van der Waals surface area contributed by atoms with Crippen LogP contribution in [0.15, 0.2) is 18.2 Å². The van der Waals surface area contributed by atoms with Gasteiger partial charge in [-0.05, 0) is 57.2 Å². The first kappa shape index (κ1) is 21.0. The Bertz CT molecular complexity index is 704. The van der Waals surface area contributed by atoms with E-state index in [1.165, 1.54) is 6.42 Å². The topological polar surface area (TPSA) is 56.8 Å². The Morgan fingerprint density at radius 3 is 2.68 bits per heavy atom. The zero-order chi connectivity index (χ0) is 20.5. The Labute approximate surface area is 169 Å². The molecule has 28 heavy (non-hydrogen) atoms. The summed E-state index contributed by atoms with van der Waals surface area (Å²) in [4.78, 5) is 12.0. The molecule has 5 heteroatoms. The molecule has 1 aromatic rings. The summed E-state index contributed by atoms with van der Waals surface area (Å²) in [5.74, 6) is 2.49. The Hall–Kier alpha value is -1.75. The number of fused-ring (bicyclic) bond motifs is 1. The van der Waals surface area contributed by atoms with Crippen molar-refractivity contribution in [3.05, 3.63) is 23.8 Å². The Kier molecular flexibility index (Phi) is 6.23. The van der Waals surface area contributed by atoms with Gasteiger partial charge in [-0.2, -0.15) is 0 Å². The van der Waals surface area contributed by atoms with Gasteiger partial charge in [-0.25, -0.2) is 0 Å². The maximum atomic E-state index is 12.0. The van der Waals surface area contributed by atoms with Crippen molar-refractivity contribution in [2.75, 3.05) is 7.11 Å². The maximum absolute atomic E-state index is 12.0. The summed E-state index contributed by atoms with van der Waals surface area (Å²) in [5.41, 5.74) is 0.807. The number of hydrogen-bond donors (Lipinski definition) is 1. The number of carbonyl (C=O) groups excluding carboxylic acids is 1. The van der Waals surface area contributed by atoms with Crippen molar-refractivity contribution in [1.82, 2.24) is 5.32 Å². The highest BCUT2D eigenvalue weighted by molar-refractivity contribution is 5.73. The summed E-state index contributed by atoms with van der Waals surface area (Å²) in [6.07, 6.45) is 4.26. The molecule has 1 N–H and O–H groups in total. The second kappa shape index (κ2) is 8.32. The maximum Gasteiger partial charge on any atom is 0.217 e. The van der Waals surface area contributed by atoms with E-state index in [2.05, 4.69) is 25.2 Å². The molecule has 0 bridgehead atoms. The Morgan fingerprint density at radius 2 is 2.04 bits per heavy atom. The van der Waals surface area contributed by atoms with Gasteiger partial charge in [0, 0.05) is 24.8 Å². The van der Waals surface area contributed by atoms with E-state index in [1.807, 2.05) is 26.0 Å². The third kappa shape index (κ3) is 4.45. The lowest BCUT2D eigenvalue weighted by Crippen LogP contribution is -2.60. The summed E-state index contributed by atoms with van der Waals surface area (Å²) >= 11 is 0. The highest BCUT2D eigenvalue weighted by Crippen LogP contribution is 2.48. The fourth-order valence-corrected chi connectivity index (χ4v) is 4.98. The summed E-state index contributed by atoms with van der Waals surface area (Å²) in [6, 6.07) is 6.04. The predicted octanol–water partition coefficient (Wildman–Crippen LogP) is 4.64. The lowest BCUT2D eigenvalue weighted by Gasteiger charge is -2.52. The lowest BCUT2D eigenvalue weighted by molar-refractivity contribution is -0.153. The highest BCUT2D eigenvalue weighted by Gasteiger charge is 2.49. The van der Waals surface area contributed by atoms with Gasteiger partial charge in [-0.15, -0.1) is 0 Å². The molecule has 1 saturated carbocycles. The van der Waals surface area contributed by atoms with Gasteiger partial charge in [0.15, 0.2) is 11.5 Å². The quantitative estimate of drug-likeness (QED) is 0.797. The second-order valence-electron chi connectivity index (χ2n) is 9.07. The van der Waals surface area contributed by atoms with Crippen LogP contribution in [0, 0.1) is 11.8 Å². The van der Waals surface area contributed by atoms with Gasteiger partial charge in [0.2, 0.25) is 5.91 Å². The molecule has 156 valence electrons. The van der Waals surface area contributed by atoms with Crippen LogP contribution in [0.2, 0.25) is 0 Å². The number of rotatable bonds is 5. The molecule has 1 aromatic carbocycles. The Balaban J connectivity index is 1.90. The van der Waals surface area contributed by atoms with Gasteiger partial charge in [-0.1, -0.05) is 19.4 Å². The normalized spacial score (nSPS) is 32.5. The smallest absolute Gasteiger partial charge is 0.217 e. The average Bonchev–Trinajstić information content (AvgIpc) is 2.60. The fraction of sp³-hybridized carbons (Fsp3) is 0.696. The molecule has 3 rings (SSSR count). The molecule has 1 aliphatic carbocycles. The van der Waals surface area contributed by atoms with Crippen LogP contribution >= 0.6 is 0 Å². The summed E-state index contributed by atoms with van der Waals surface area (Å²) in [5, 5.41) is 3.26. The number of ether oxygens (including phenoxy) is 3. The van der Waals surface area contributed by atoms with Crippen molar-refractivity contribution in [3.8, 4) is 11.5 Å². The predicted molar refractivity (Wildman–Crippen MR) is 110 cm³/mol. The first-order valence-electron chi connectivity index (χ1n) is 10.5. The van der Waals surface area contributed by atoms with E-state index in [-0.39, 0.29) is 29.8 Å². The van der Waals surface area contributed by atoms with Crippen LogP contribution in [0.3, 0.4) is 0 Å². The fourth-order valence-electron chi connectivity index (χ4n) is 4.98. The van der Waals surface area contributed by atoms with Gasteiger partial charge < -0.3 is 19.5 Å². The molecule has 5 atom stereocenters. The van der Waals surface area contributed by atoms with Crippen LogP contribution in [-0.2, 0) is 9.53 Å². The molecule has 2 fully saturated rings. The number of hydrogen-bond acceptors (Lipinski definition) is 4. The molecule has 0 unspecified atom stereocenters. The number of amides is 1. The van der Waals surface area contributed by atoms with E-state index in [1.54, 1.807) is 14.0 Å². The monoisotopic (exact) mass is 389 g/mol. The van der Waals surface area contributed by atoms with Crippen LogP contribution in [0.5, 0.6) is 11.5 Å². The first-order valence-corrected chi connectivity index (χ1v) is 10.5. The minimum atomic E-state index is -0.264. The van der Waals surface area contributed by atoms with Crippen LogP contribution < -0.4 is 14.8 Å². The molecule has 1 aliphatic heterocycles. The zero-order valence-electron chi connectivity index (χ0n) is 18.1. The molecular weight excluding hydrogens is 354 g/mol. The summed E-state index contributed by atoms with van der Waals surface area (Å²) in [6.45, 7) is 10.1.